The van der Waals surface area contributed by atoms with Gasteiger partial charge in [0.05, 0.1) is 24.2 Å². The summed E-state index contributed by atoms with van der Waals surface area (Å²) in [6, 6.07) is 17.9. The maximum Gasteiger partial charge on any atom is 0.200 e. The summed E-state index contributed by atoms with van der Waals surface area (Å²) in [5.41, 5.74) is 2.83. The lowest BCUT2D eigenvalue weighted by Gasteiger charge is -2.12. The molecule has 1 aromatic heterocycles. The van der Waals surface area contributed by atoms with Gasteiger partial charge in [-0.2, -0.15) is 0 Å². The Hall–Kier alpha value is -4.06. The smallest absolute Gasteiger partial charge is 0.200 e. The average Bonchev–Trinajstić information content (AvgIpc) is 3.12. The summed E-state index contributed by atoms with van der Waals surface area (Å²) in [6.07, 6.45) is 2.90. The van der Waals surface area contributed by atoms with E-state index in [9.17, 15) is 9.59 Å². The van der Waals surface area contributed by atoms with E-state index in [1.165, 1.54) is 6.26 Å². The summed E-state index contributed by atoms with van der Waals surface area (Å²) in [5, 5.41) is 0.461. The van der Waals surface area contributed by atoms with Crippen molar-refractivity contribution in [1.82, 2.24) is 0 Å². The maximum absolute atomic E-state index is 13.4. The minimum atomic E-state index is -0.141. The highest BCUT2D eigenvalue weighted by atomic mass is 16.5. The van der Waals surface area contributed by atoms with Gasteiger partial charge in [-0.25, -0.2) is 0 Å². The van der Waals surface area contributed by atoms with Crippen LogP contribution in [0.25, 0.3) is 22.1 Å². The summed E-state index contributed by atoms with van der Waals surface area (Å²) < 4.78 is 23.1. The Bertz CT molecular complexity index is 1400. The van der Waals surface area contributed by atoms with Gasteiger partial charge in [0, 0.05) is 18.1 Å². The second kappa shape index (κ2) is 9.43. The van der Waals surface area contributed by atoms with Crippen molar-refractivity contribution in [3.63, 3.8) is 0 Å². The van der Waals surface area contributed by atoms with E-state index in [4.69, 9.17) is 18.6 Å². The number of ether oxygens (including phenoxy) is 3. The van der Waals surface area contributed by atoms with Crippen LogP contribution in [0.5, 0.6) is 17.2 Å². The molecule has 0 unspecified atom stereocenters. The zero-order valence-corrected chi connectivity index (χ0v) is 18.8. The van der Waals surface area contributed by atoms with Crippen LogP contribution < -0.4 is 19.6 Å². The fourth-order valence-corrected chi connectivity index (χ4v) is 3.99. The van der Waals surface area contributed by atoms with Gasteiger partial charge < -0.3 is 18.6 Å². The van der Waals surface area contributed by atoms with E-state index in [0.29, 0.717) is 64.5 Å². The highest BCUT2D eigenvalue weighted by Crippen LogP contribution is 2.34. The van der Waals surface area contributed by atoms with Crippen LogP contribution in [0, 0.1) is 0 Å². The first kappa shape index (κ1) is 21.8. The highest BCUT2D eigenvalue weighted by Gasteiger charge is 2.17. The molecule has 2 heterocycles. The number of Topliss-reactive ketones (excluding diaryl/α,β-unsaturated/α-hetero) is 1. The van der Waals surface area contributed by atoms with E-state index < -0.39 is 0 Å². The second-order valence-electron chi connectivity index (χ2n) is 8.08. The van der Waals surface area contributed by atoms with Crippen molar-refractivity contribution < 1.29 is 23.4 Å². The molecule has 6 heteroatoms. The first-order valence-corrected chi connectivity index (χ1v) is 11.3. The molecule has 0 saturated carbocycles. The van der Waals surface area contributed by atoms with Crippen LogP contribution >= 0.6 is 0 Å². The molecule has 0 bridgehead atoms. The van der Waals surface area contributed by atoms with Crippen LogP contribution in [0.15, 0.2) is 76.1 Å². The molecule has 0 fully saturated rings. The molecule has 34 heavy (non-hydrogen) atoms. The molecule has 0 radical (unpaired) electrons. The summed E-state index contributed by atoms with van der Waals surface area (Å²) in [4.78, 5) is 25.8. The van der Waals surface area contributed by atoms with Crippen molar-refractivity contribution in [3.05, 3.63) is 88.3 Å². The molecule has 0 aliphatic carbocycles. The van der Waals surface area contributed by atoms with Crippen molar-refractivity contribution in [2.75, 3.05) is 19.8 Å². The fraction of sp³-hybridized carbons (Fsp3) is 0.214. The topological polar surface area (TPSA) is 75.0 Å². The molecule has 0 N–H and O–H groups in total. The number of fused-ring (bicyclic) bond motifs is 2. The van der Waals surface area contributed by atoms with Crippen molar-refractivity contribution in [2.45, 2.75) is 19.8 Å². The Balaban J connectivity index is 1.47. The van der Waals surface area contributed by atoms with Gasteiger partial charge in [0.25, 0.3) is 0 Å². The zero-order valence-electron chi connectivity index (χ0n) is 18.8. The molecule has 0 spiro atoms. The number of hydrogen-bond acceptors (Lipinski definition) is 6. The van der Waals surface area contributed by atoms with Gasteiger partial charge in [-0.05, 0) is 35.7 Å². The first-order valence-electron chi connectivity index (χ1n) is 11.3. The quantitative estimate of drug-likeness (QED) is 0.360. The van der Waals surface area contributed by atoms with E-state index in [0.717, 1.165) is 12.0 Å². The third-order valence-corrected chi connectivity index (χ3v) is 5.85. The van der Waals surface area contributed by atoms with Crippen LogP contribution in [0.3, 0.4) is 0 Å². The number of aryl methyl sites for hydroxylation is 1. The molecule has 0 saturated heterocycles. The Labute approximate surface area is 196 Å². The molecule has 172 valence electrons. The molecular weight excluding hydrogens is 432 g/mol. The van der Waals surface area contributed by atoms with Crippen LogP contribution in [0.1, 0.15) is 29.3 Å². The van der Waals surface area contributed by atoms with Crippen LogP contribution in [-0.2, 0) is 6.42 Å². The summed E-state index contributed by atoms with van der Waals surface area (Å²) in [7, 11) is 0. The van der Waals surface area contributed by atoms with Gasteiger partial charge in [0.15, 0.2) is 23.9 Å². The minimum Gasteiger partial charge on any atom is -0.490 e. The number of carbonyl (C=O) groups is 1. The van der Waals surface area contributed by atoms with E-state index in [1.54, 1.807) is 24.3 Å². The third kappa shape index (κ3) is 4.27. The van der Waals surface area contributed by atoms with Crippen molar-refractivity contribution in [3.8, 4) is 28.4 Å². The van der Waals surface area contributed by atoms with Crippen LogP contribution in [0.2, 0.25) is 0 Å². The average molecular weight is 456 g/mol. The SMILES string of the molecule is CCc1cc2c(=O)c(-c3ccc4c(c3)OCCCO4)coc2cc1OCC(=O)c1ccccc1. The van der Waals surface area contributed by atoms with E-state index in [1.807, 2.05) is 43.3 Å². The summed E-state index contributed by atoms with van der Waals surface area (Å²) in [6.45, 7) is 3.05. The number of rotatable bonds is 6. The molecule has 3 aromatic carbocycles. The molecule has 5 rings (SSSR count). The fourth-order valence-electron chi connectivity index (χ4n) is 3.99. The van der Waals surface area contributed by atoms with Gasteiger partial charge in [0.1, 0.15) is 17.6 Å². The molecule has 4 aromatic rings. The number of ketones is 1. The predicted octanol–water partition coefficient (Wildman–Crippen LogP) is 5.45. The van der Waals surface area contributed by atoms with Gasteiger partial charge in [-0.15, -0.1) is 0 Å². The third-order valence-electron chi connectivity index (χ3n) is 5.85. The largest absolute Gasteiger partial charge is 0.490 e. The first-order chi connectivity index (χ1) is 16.6. The summed E-state index contributed by atoms with van der Waals surface area (Å²) >= 11 is 0. The normalized spacial score (nSPS) is 12.9. The lowest BCUT2D eigenvalue weighted by molar-refractivity contribution is 0.0921. The molecular formula is C28H24O6. The Kier molecular flexibility index (Phi) is 6.04. The van der Waals surface area contributed by atoms with Crippen LogP contribution in [-0.4, -0.2) is 25.6 Å². The number of hydrogen-bond donors (Lipinski definition) is 0. The monoisotopic (exact) mass is 456 g/mol. The molecule has 0 amide bonds. The van der Waals surface area contributed by atoms with Crippen molar-refractivity contribution >= 4 is 16.8 Å². The van der Waals surface area contributed by atoms with Gasteiger partial charge in [-0.3, -0.25) is 9.59 Å². The lowest BCUT2D eigenvalue weighted by Crippen LogP contribution is -2.13. The van der Waals surface area contributed by atoms with E-state index in [2.05, 4.69) is 0 Å². The maximum atomic E-state index is 13.4. The number of carbonyl (C=O) groups excluding carboxylic acids is 1. The Morgan fingerprint density at radius 3 is 2.56 bits per heavy atom. The molecule has 1 aliphatic rings. The minimum absolute atomic E-state index is 0.0952. The predicted molar refractivity (Wildman–Crippen MR) is 129 cm³/mol. The van der Waals surface area contributed by atoms with E-state index >= 15 is 0 Å². The molecule has 0 atom stereocenters. The molecule has 1 aliphatic heterocycles. The second-order valence-corrected chi connectivity index (χ2v) is 8.08. The van der Waals surface area contributed by atoms with Crippen LogP contribution in [0.4, 0.5) is 0 Å². The Morgan fingerprint density at radius 2 is 1.76 bits per heavy atom. The summed E-state index contributed by atoms with van der Waals surface area (Å²) in [5.74, 6) is 1.71. The van der Waals surface area contributed by atoms with Crippen molar-refractivity contribution in [1.29, 1.82) is 0 Å². The highest BCUT2D eigenvalue weighted by molar-refractivity contribution is 5.97. The molecule has 6 nitrogen and oxygen atoms in total. The Morgan fingerprint density at radius 1 is 0.971 bits per heavy atom. The standard InChI is InChI=1S/C28H24O6/c1-2-18-13-21-26(15-25(18)34-17-23(29)19-7-4-3-5-8-19)33-16-22(28(21)30)20-9-10-24-27(14-20)32-12-6-11-31-24/h3-5,7-10,13-16H,2,6,11-12,17H2,1H3. The van der Waals surface area contributed by atoms with E-state index in [-0.39, 0.29) is 17.8 Å². The van der Waals surface area contributed by atoms with Gasteiger partial charge in [-0.1, -0.05) is 43.3 Å². The number of benzene rings is 3. The van der Waals surface area contributed by atoms with Gasteiger partial charge >= 0.3 is 0 Å². The lowest BCUT2D eigenvalue weighted by atomic mass is 10.0. The van der Waals surface area contributed by atoms with Crippen molar-refractivity contribution in [2.24, 2.45) is 0 Å². The zero-order chi connectivity index (χ0) is 23.5. The van der Waals surface area contributed by atoms with Gasteiger partial charge in [0.2, 0.25) is 5.43 Å².